The molecule has 0 amide bonds. The number of aromatic carboxylic acids is 1. The number of nitrogens with one attached hydrogen (secondary N) is 1. The second kappa shape index (κ2) is 6.45. The molecule has 0 fully saturated rings. The van der Waals surface area contributed by atoms with Crippen molar-refractivity contribution < 1.29 is 23.1 Å². The highest BCUT2D eigenvalue weighted by Crippen LogP contribution is 2.24. The molecule has 2 aromatic rings. The van der Waals surface area contributed by atoms with Crippen molar-refractivity contribution in [1.82, 2.24) is 0 Å². The zero-order valence-corrected chi connectivity index (χ0v) is 14.3. The predicted octanol–water partition coefficient (Wildman–Crippen LogP) is 3.01. The number of carbonyl (C=O) groups is 2. The molecule has 2 rings (SSSR count). The number of carbonyl (C=O) groups excluding carboxylic acids is 1. The summed E-state index contributed by atoms with van der Waals surface area (Å²) in [6.45, 7) is 4.69. The topological polar surface area (TPSA) is 101 Å². The summed E-state index contributed by atoms with van der Waals surface area (Å²) in [5, 5.41) is 9.12. The van der Waals surface area contributed by atoms with Gasteiger partial charge in [0.25, 0.3) is 10.0 Å². The Balaban J connectivity index is 2.43. The van der Waals surface area contributed by atoms with Gasteiger partial charge in [-0.3, -0.25) is 9.52 Å². The maximum absolute atomic E-state index is 12.6. The van der Waals surface area contributed by atoms with Crippen molar-refractivity contribution in [1.29, 1.82) is 0 Å². The van der Waals surface area contributed by atoms with Gasteiger partial charge in [-0.2, -0.15) is 0 Å². The fourth-order valence-electron chi connectivity index (χ4n) is 2.21. The Morgan fingerprint density at radius 2 is 1.58 bits per heavy atom. The number of hydrogen-bond acceptors (Lipinski definition) is 4. The van der Waals surface area contributed by atoms with Crippen LogP contribution in [0.5, 0.6) is 0 Å². The first-order valence-electron chi connectivity index (χ1n) is 7.10. The fourth-order valence-corrected chi connectivity index (χ4v) is 3.62. The van der Waals surface area contributed by atoms with Crippen molar-refractivity contribution in [3.63, 3.8) is 0 Å². The minimum atomic E-state index is -3.95. The molecule has 0 spiro atoms. The Morgan fingerprint density at radius 1 is 1.00 bits per heavy atom. The predicted molar refractivity (Wildman–Crippen MR) is 90.1 cm³/mol. The third-order valence-electron chi connectivity index (χ3n) is 3.70. The van der Waals surface area contributed by atoms with Gasteiger partial charge in [0.1, 0.15) is 0 Å². The fraction of sp³-hybridized carbons (Fsp3) is 0.176. The number of aryl methyl sites for hydroxylation is 1. The first-order valence-corrected chi connectivity index (χ1v) is 8.58. The summed E-state index contributed by atoms with van der Waals surface area (Å²) in [4.78, 5) is 22.3. The number of anilines is 1. The molecule has 0 saturated heterocycles. The average molecular weight is 347 g/mol. The molecule has 0 aliphatic rings. The summed E-state index contributed by atoms with van der Waals surface area (Å²) in [6.07, 6.45) is 0. The van der Waals surface area contributed by atoms with Gasteiger partial charge in [-0.1, -0.05) is 0 Å². The lowest BCUT2D eigenvalue weighted by atomic mass is 10.1. The molecule has 0 aliphatic carbocycles. The van der Waals surface area contributed by atoms with Crippen LogP contribution in [0.2, 0.25) is 0 Å². The summed E-state index contributed by atoms with van der Waals surface area (Å²) >= 11 is 0. The zero-order valence-electron chi connectivity index (χ0n) is 13.5. The number of sulfonamides is 1. The summed E-state index contributed by atoms with van der Waals surface area (Å²) in [7, 11) is -3.95. The van der Waals surface area contributed by atoms with Crippen LogP contribution in [-0.2, 0) is 10.0 Å². The normalized spacial score (nSPS) is 11.1. The number of hydrogen-bond donors (Lipinski definition) is 2. The molecule has 0 saturated carbocycles. The van der Waals surface area contributed by atoms with Gasteiger partial charge < -0.3 is 5.11 Å². The quantitative estimate of drug-likeness (QED) is 0.810. The van der Waals surface area contributed by atoms with E-state index < -0.39 is 16.0 Å². The zero-order chi connectivity index (χ0) is 18.1. The highest BCUT2D eigenvalue weighted by Gasteiger charge is 2.21. The number of carboxylic acids is 1. The second-order valence-electron chi connectivity index (χ2n) is 5.46. The lowest BCUT2D eigenvalue weighted by molar-refractivity contribution is 0.0696. The molecule has 0 radical (unpaired) electrons. The number of rotatable bonds is 5. The summed E-state index contributed by atoms with van der Waals surface area (Å²) < 4.78 is 27.6. The maximum atomic E-state index is 12.6. The molecule has 0 aromatic heterocycles. The number of benzene rings is 2. The Bertz CT molecular complexity index is 915. The molecule has 126 valence electrons. The number of ketones is 1. The van der Waals surface area contributed by atoms with E-state index in [4.69, 9.17) is 5.11 Å². The number of carboxylic acid groups (broad SMARTS) is 1. The Hall–Kier alpha value is -2.67. The highest BCUT2D eigenvalue weighted by molar-refractivity contribution is 7.92. The van der Waals surface area contributed by atoms with Gasteiger partial charge in [-0.25, -0.2) is 13.2 Å². The van der Waals surface area contributed by atoms with Crippen LogP contribution in [0.15, 0.2) is 41.3 Å². The van der Waals surface area contributed by atoms with E-state index in [1.54, 1.807) is 13.8 Å². The van der Waals surface area contributed by atoms with Crippen LogP contribution in [-0.4, -0.2) is 25.3 Å². The van der Waals surface area contributed by atoms with Crippen molar-refractivity contribution in [3.05, 3.63) is 58.7 Å². The van der Waals surface area contributed by atoms with Gasteiger partial charge in [0.2, 0.25) is 0 Å². The third-order valence-corrected chi connectivity index (χ3v) is 5.21. The first kappa shape index (κ1) is 17.7. The van der Waals surface area contributed by atoms with Crippen molar-refractivity contribution in [2.45, 2.75) is 25.7 Å². The maximum Gasteiger partial charge on any atom is 0.335 e. The first-order chi connectivity index (χ1) is 11.1. The molecule has 0 aliphatic heterocycles. The Morgan fingerprint density at radius 3 is 2.08 bits per heavy atom. The molecular weight excluding hydrogens is 330 g/mol. The molecular formula is C17H17NO5S. The highest BCUT2D eigenvalue weighted by atomic mass is 32.2. The van der Waals surface area contributed by atoms with Gasteiger partial charge >= 0.3 is 5.97 Å². The van der Waals surface area contributed by atoms with Crippen LogP contribution in [0.4, 0.5) is 5.69 Å². The second-order valence-corrected chi connectivity index (χ2v) is 7.11. The SMILES string of the molecule is CC(=O)c1ccc(NS(=O)(=O)c2cc(C(=O)O)cc(C)c2C)cc1. The van der Waals surface area contributed by atoms with E-state index in [0.29, 0.717) is 16.7 Å². The molecule has 0 unspecified atom stereocenters. The van der Waals surface area contributed by atoms with E-state index >= 15 is 0 Å². The van der Waals surface area contributed by atoms with Crippen LogP contribution in [0.1, 0.15) is 38.8 Å². The van der Waals surface area contributed by atoms with Crippen molar-refractivity contribution in [2.24, 2.45) is 0 Å². The van der Waals surface area contributed by atoms with Gasteiger partial charge in [-0.15, -0.1) is 0 Å². The van der Waals surface area contributed by atoms with Gasteiger partial charge in [0.05, 0.1) is 10.5 Å². The average Bonchev–Trinajstić information content (AvgIpc) is 2.49. The van der Waals surface area contributed by atoms with E-state index in [2.05, 4.69) is 4.72 Å². The van der Waals surface area contributed by atoms with Gasteiger partial charge in [0.15, 0.2) is 5.78 Å². The molecule has 0 atom stereocenters. The third kappa shape index (κ3) is 3.62. The van der Waals surface area contributed by atoms with Gasteiger partial charge in [-0.05, 0) is 68.3 Å². The molecule has 2 N–H and O–H groups in total. The smallest absolute Gasteiger partial charge is 0.335 e. The Kier molecular flexibility index (Phi) is 4.75. The van der Waals surface area contributed by atoms with Crippen molar-refractivity contribution in [2.75, 3.05) is 4.72 Å². The van der Waals surface area contributed by atoms with Crippen LogP contribution in [0, 0.1) is 13.8 Å². The summed E-state index contributed by atoms with van der Waals surface area (Å²) in [5.74, 6) is -1.31. The van der Waals surface area contributed by atoms with E-state index in [-0.39, 0.29) is 21.9 Å². The van der Waals surface area contributed by atoms with E-state index in [1.165, 1.54) is 37.3 Å². The molecule has 6 nitrogen and oxygen atoms in total. The minimum Gasteiger partial charge on any atom is -0.478 e. The number of Topliss-reactive ketones (excluding diaryl/α,β-unsaturated/α-hetero) is 1. The molecule has 7 heteroatoms. The lowest BCUT2D eigenvalue weighted by Crippen LogP contribution is -2.16. The van der Waals surface area contributed by atoms with Gasteiger partial charge in [0, 0.05) is 11.3 Å². The Labute approximate surface area is 140 Å². The molecule has 24 heavy (non-hydrogen) atoms. The standard InChI is InChI=1S/C17H17NO5S/c1-10-8-14(17(20)21)9-16(11(10)2)24(22,23)18-15-6-4-13(5-7-15)12(3)19/h4-9,18H,1-3H3,(H,20,21). The molecule has 0 heterocycles. The van der Waals surface area contributed by atoms with Crippen molar-refractivity contribution in [3.8, 4) is 0 Å². The molecule has 2 aromatic carbocycles. The van der Waals surface area contributed by atoms with E-state index in [0.717, 1.165) is 6.07 Å². The van der Waals surface area contributed by atoms with Crippen molar-refractivity contribution >= 4 is 27.5 Å². The molecule has 0 bridgehead atoms. The minimum absolute atomic E-state index is 0.0875. The van der Waals surface area contributed by atoms with Crippen LogP contribution < -0.4 is 4.72 Å². The monoisotopic (exact) mass is 347 g/mol. The van der Waals surface area contributed by atoms with Crippen LogP contribution >= 0.6 is 0 Å². The van der Waals surface area contributed by atoms with Crippen LogP contribution in [0.3, 0.4) is 0 Å². The largest absolute Gasteiger partial charge is 0.478 e. The van der Waals surface area contributed by atoms with E-state index in [1.807, 2.05) is 0 Å². The van der Waals surface area contributed by atoms with E-state index in [9.17, 15) is 18.0 Å². The summed E-state index contributed by atoms with van der Waals surface area (Å²) in [6, 6.07) is 8.57. The lowest BCUT2D eigenvalue weighted by Gasteiger charge is -2.13. The summed E-state index contributed by atoms with van der Waals surface area (Å²) in [5.41, 5.74) is 1.72. The van der Waals surface area contributed by atoms with Crippen LogP contribution in [0.25, 0.3) is 0 Å².